The average Bonchev–Trinajstić information content (AvgIpc) is 2.41. The summed E-state index contributed by atoms with van der Waals surface area (Å²) in [5.41, 5.74) is 0.368. The summed E-state index contributed by atoms with van der Waals surface area (Å²) in [4.78, 5) is 1.63. The van der Waals surface area contributed by atoms with Crippen molar-refractivity contribution in [2.24, 2.45) is 0 Å². The van der Waals surface area contributed by atoms with Gasteiger partial charge in [-0.2, -0.15) is 8.78 Å². The number of halogens is 3. The van der Waals surface area contributed by atoms with Crippen LogP contribution in [0.15, 0.2) is 29.2 Å². The lowest BCUT2D eigenvalue weighted by Gasteiger charge is -2.40. The van der Waals surface area contributed by atoms with Crippen LogP contribution in [0, 0.1) is 0 Å². The summed E-state index contributed by atoms with van der Waals surface area (Å²) < 4.78 is 49.4. The Morgan fingerprint density at radius 3 is 2.48 bits per heavy atom. The van der Waals surface area contributed by atoms with Crippen molar-refractivity contribution in [2.75, 3.05) is 17.3 Å². The number of benzene rings is 1. The van der Waals surface area contributed by atoms with Gasteiger partial charge in [-0.05, 0) is 37.8 Å². The van der Waals surface area contributed by atoms with E-state index in [-0.39, 0.29) is 10.9 Å². The van der Waals surface area contributed by atoms with Crippen molar-refractivity contribution in [1.29, 1.82) is 0 Å². The predicted molar refractivity (Wildman–Crippen MR) is 80.0 cm³/mol. The molecule has 0 saturated heterocycles. The Labute approximate surface area is 128 Å². The summed E-state index contributed by atoms with van der Waals surface area (Å²) in [6.45, 7) is 0.573. The van der Waals surface area contributed by atoms with Gasteiger partial charge in [0.15, 0.2) is 0 Å². The number of hydrogen-bond donors (Lipinski definition) is 0. The second kappa shape index (κ2) is 6.92. The zero-order valence-electron chi connectivity index (χ0n) is 11.5. The van der Waals surface area contributed by atoms with Crippen LogP contribution in [0.5, 0.6) is 0 Å². The summed E-state index contributed by atoms with van der Waals surface area (Å²) in [6.07, 6.45) is 3.66. The highest BCUT2D eigenvalue weighted by atomic mass is 35.5. The van der Waals surface area contributed by atoms with Crippen molar-refractivity contribution in [3.05, 3.63) is 24.3 Å². The molecule has 2 rings (SSSR count). The molecule has 0 aliphatic heterocycles. The van der Waals surface area contributed by atoms with E-state index >= 15 is 0 Å². The number of rotatable bonds is 7. The maximum atomic E-state index is 12.9. The molecule has 0 unspecified atom stereocenters. The lowest BCUT2D eigenvalue weighted by atomic mass is 9.91. The van der Waals surface area contributed by atoms with Gasteiger partial charge in [0.25, 0.3) is 0 Å². The summed E-state index contributed by atoms with van der Waals surface area (Å²) in [6, 6.07) is 6.21. The van der Waals surface area contributed by atoms with Crippen molar-refractivity contribution in [3.8, 4) is 0 Å². The molecule has 0 radical (unpaired) electrons. The van der Waals surface area contributed by atoms with E-state index < -0.39 is 15.6 Å². The van der Waals surface area contributed by atoms with Crippen LogP contribution in [-0.4, -0.2) is 32.6 Å². The lowest BCUT2D eigenvalue weighted by molar-refractivity contribution is 0.234. The molecular weight excluding hydrogens is 320 g/mol. The molecule has 1 aromatic rings. The molecule has 1 fully saturated rings. The zero-order valence-corrected chi connectivity index (χ0v) is 13.1. The molecule has 0 heterocycles. The minimum absolute atomic E-state index is 0.210. The van der Waals surface area contributed by atoms with Crippen molar-refractivity contribution < 1.29 is 17.2 Å². The largest absolute Gasteiger partial charge is 0.367 e. The Kier molecular flexibility index (Phi) is 5.43. The molecule has 0 atom stereocenters. The Hall–Kier alpha value is -0.880. The van der Waals surface area contributed by atoms with Crippen LogP contribution in [0.2, 0.25) is 0 Å². The molecule has 0 spiro atoms. The van der Waals surface area contributed by atoms with Crippen LogP contribution < -0.4 is 4.90 Å². The van der Waals surface area contributed by atoms with E-state index in [1.165, 1.54) is 12.1 Å². The molecule has 0 bridgehead atoms. The highest BCUT2D eigenvalue weighted by Gasteiger charge is 2.33. The lowest BCUT2D eigenvalue weighted by Crippen LogP contribution is -2.41. The maximum absolute atomic E-state index is 12.9. The molecule has 118 valence electrons. The van der Waals surface area contributed by atoms with Crippen LogP contribution in [0.1, 0.15) is 25.7 Å². The van der Waals surface area contributed by atoms with E-state index in [4.69, 9.17) is 11.6 Å². The second-order valence-corrected chi connectivity index (χ2v) is 7.36. The highest BCUT2D eigenvalue weighted by molar-refractivity contribution is 7.91. The fraction of sp³-hybridized carbons (Fsp3) is 0.571. The Bertz CT molecular complexity index is 576. The number of para-hydroxylation sites is 1. The van der Waals surface area contributed by atoms with Gasteiger partial charge in [0.2, 0.25) is 9.84 Å². The van der Waals surface area contributed by atoms with E-state index in [2.05, 4.69) is 0 Å². The molecule has 21 heavy (non-hydrogen) atoms. The summed E-state index contributed by atoms with van der Waals surface area (Å²) in [7, 11) is -4.60. The minimum atomic E-state index is -4.60. The molecule has 3 nitrogen and oxygen atoms in total. The standard InChI is InChI=1S/C14H18ClF2NO2S/c15-9-4-10-18(11-5-3-6-11)12-7-1-2-8-13(12)21(19,20)14(16)17/h1-2,7-8,11,14H,3-6,9-10H2. The van der Waals surface area contributed by atoms with Crippen LogP contribution in [0.25, 0.3) is 0 Å². The Morgan fingerprint density at radius 2 is 1.95 bits per heavy atom. The van der Waals surface area contributed by atoms with Gasteiger partial charge in [-0.1, -0.05) is 12.1 Å². The van der Waals surface area contributed by atoms with E-state index in [0.29, 0.717) is 24.5 Å². The van der Waals surface area contributed by atoms with Gasteiger partial charge in [-0.3, -0.25) is 0 Å². The number of nitrogens with zero attached hydrogens (tertiary/aromatic N) is 1. The van der Waals surface area contributed by atoms with Crippen LogP contribution in [-0.2, 0) is 9.84 Å². The maximum Gasteiger partial charge on any atom is 0.341 e. The summed E-state index contributed by atoms with van der Waals surface area (Å²) in [5.74, 6) is -2.96. The average molecular weight is 338 g/mol. The van der Waals surface area contributed by atoms with Gasteiger partial charge >= 0.3 is 5.76 Å². The SMILES string of the molecule is O=S(=O)(c1ccccc1N(CCCCl)C1CCC1)C(F)F. The number of sulfone groups is 1. The first kappa shape index (κ1) is 16.5. The quantitative estimate of drug-likeness (QED) is 0.712. The van der Waals surface area contributed by atoms with Gasteiger partial charge in [-0.25, -0.2) is 8.42 Å². The first-order valence-corrected chi connectivity index (χ1v) is 9.00. The van der Waals surface area contributed by atoms with Crippen LogP contribution >= 0.6 is 11.6 Å². The summed E-state index contributed by atoms with van der Waals surface area (Å²) in [5, 5.41) is 0. The topological polar surface area (TPSA) is 37.4 Å². The second-order valence-electron chi connectivity index (χ2n) is 5.09. The molecule has 0 amide bonds. The highest BCUT2D eigenvalue weighted by Crippen LogP contribution is 2.35. The number of hydrogen-bond acceptors (Lipinski definition) is 3. The molecule has 1 aliphatic rings. The predicted octanol–water partition coefficient (Wildman–Crippen LogP) is 3.67. The Morgan fingerprint density at radius 1 is 1.29 bits per heavy atom. The molecule has 1 aliphatic carbocycles. The monoisotopic (exact) mass is 337 g/mol. The zero-order chi connectivity index (χ0) is 15.5. The first-order chi connectivity index (χ1) is 9.98. The van der Waals surface area contributed by atoms with Crippen LogP contribution in [0.3, 0.4) is 0 Å². The third-order valence-electron chi connectivity index (χ3n) is 3.76. The molecule has 0 N–H and O–H groups in total. The van der Waals surface area contributed by atoms with Gasteiger partial charge in [-0.15, -0.1) is 11.6 Å². The van der Waals surface area contributed by atoms with Gasteiger partial charge in [0, 0.05) is 18.5 Å². The minimum Gasteiger partial charge on any atom is -0.367 e. The van der Waals surface area contributed by atoms with Crippen molar-refractivity contribution in [1.82, 2.24) is 0 Å². The molecular formula is C14H18ClF2NO2S. The fourth-order valence-corrected chi connectivity index (χ4v) is 3.52. The van der Waals surface area contributed by atoms with E-state index in [9.17, 15) is 17.2 Å². The molecule has 7 heteroatoms. The van der Waals surface area contributed by atoms with E-state index in [1.807, 2.05) is 4.90 Å². The third-order valence-corrected chi connectivity index (χ3v) is 5.46. The fourth-order valence-electron chi connectivity index (χ4n) is 2.46. The van der Waals surface area contributed by atoms with Crippen molar-refractivity contribution >= 4 is 27.1 Å². The normalized spacial score (nSPS) is 16.0. The van der Waals surface area contributed by atoms with Gasteiger partial charge in [0.05, 0.1) is 10.6 Å². The third kappa shape index (κ3) is 3.48. The summed E-state index contributed by atoms with van der Waals surface area (Å²) >= 11 is 5.71. The van der Waals surface area contributed by atoms with Crippen LogP contribution in [0.4, 0.5) is 14.5 Å². The molecule has 1 saturated carbocycles. The molecule has 0 aromatic heterocycles. The van der Waals surface area contributed by atoms with E-state index in [1.54, 1.807) is 12.1 Å². The van der Waals surface area contributed by atoms with Gasteiger partial charge < -0.3 is 4.90 Å². The van der Waals surface area contributed by atoms with Crippen molar-refractivity contribution in [2.45, 2.75) is 42.4 Å². The number of alkyl halides is 3. The van der Waals surface area contributed by atoms with Gasteiger partial charge in [0.1, 0.15) is 0 Å². The first-order valence-electron chi connectivity index (χ1n) is 6.92. The molecule has 1 aromatic carbocycles. The number of anilines is 1. The van der Waals surface area contributed by atoms with Crippen molar-refractivity contribution in [3.63, 3.8) is 0 Å². The smallest absolute Gasteiger partial charge is 0.341 e. The van der Waals surface area contributed by atoms with E-state index in [0.717, 1.165) is 19.3 Å². The Balaban J connectivity index is 2.40.